The Labute approximate surface area is 60.5 Å². The highest BCUT2D eigenvalue weighted by atomic mass is 32.1. The molecule has 1 unspecified atom stereocenters. The van der Waals surface area contributed by atoms with E-state index in [9.17, 15) is 0 Å². The lowest BCUT2D eigenvalue weighted by atomic mass is 10.3. The molecule has 0 aliphatic carbocycles. The van der Waals surface area contributed by atoms with Crippen molar-refractivity contribution in [3.8, 4) is 0 Å². The van der Waals surface area contributed by atoms with Crippen molar-refractivity contribution in [2.75, 3.05) is 0 Å². The van der Waals surface area contributed by atoms with Gasteiger partial charge in [0.2, 0.25) is 0 Å². The van der Waals surface area contributed by atoms with Crippen LogP contribution in [0.4, 0.5) is 0 Å². The van der Waals surface area contributed by atoms with Crippen molar-refractivity contribution < 1.29 is 0 Å². The molecule has 9 heavy (non-hydrogen) atoms. The summed E-state index contributed by atoms with van der Waals surface area (Å²) in [5.74, 6) is 0.931. The number of nitrogens with one attached hydrogen (secondary N) is 1. The number of nitrogens with zero attached hydrogens (tertiary/aromatic N) is 1. The average molecular weight is 142 g/mol. The molecule has 0 saturated heterocycles. The van der Waals surface area contributed by atoms with Crippen LogP contribution in [0, 0.1) is 0 Å². The first-order valence-electron chi connectivity index (χ1n) is 2.86. The summed E-state index contributed by atoms with van der Waals surface area (Å²) in [5.41, 5.74) is 1.16. The van der Waals surface area contributed by atoms with Gasteiger partial charge in [0.25, 0.3) is 0 Å². The topological polar surface area (TPSA) is 24.4 Å². The number of amidine groups is 1. The van der Waals surface area contributed by atoms with Crippen LogP contribution in [0.2, 0.25) is 0 Å². The first-order chi connectivity index (χ1) is 4.20. The maximum atomic E-state index is 4.22. The molecule has 0 radical (unpaired) electrons. The summed E-state index contributed by atoms with van der Waals surface area (Å²) in [6.45, 7) is 3.92. The Morgan fingerprint density at radius 1 is 1.67 bits per heavy atom. The monoisotopic (exact) mass is 142 g/mol. The number of aliphatic imine (C=N–C) groups is 1. The second-order valence-corrected chi connectivity index (χ2v) is 2.61. The van der Waals surface area contributed by atoms with E-state index in [-0.39, 0.29) is 5.37 Å². The van der Waals surface area contributed by atoms with Gasteiger partial charge in [-0.05, 0) is 19.4 Å². The van der Waals surface area contributed by atoms with Crippen molar-refractivity contribution in [3.05, 3.63) is 11.8 Å². The maximum Gasteiger partial charge on any atom is 0.117 e. The van der Waals surface area contributed by atoms with Crippen LogP contribution in [0.1, 0.15) is 13.8 Å². The highest BCUT2D eigenvalue weighted by molar-refractivity contribution is 7.81. The van der Waals surface area contributed by atoms with Gasteiger partial charge in [-0.3, -0.25) is 4.99 Å². The number of rotatable bonds is 0. The molecule has 0 amide bonds. The van der Waals surface area contributed by atoms with Gasteiger partial charge in [-0.15, -0.1) is 12.6 Å². The SMILES string of the molecule is CC1=CNC(C)=NC1S. The van der Waals surface area contributed by atoms with Crippen LogP contribution >= 0.6 is 12.6 Å². The lowest BCUT2D eigenvalue weighted by Gasteiger charge is -2.13. The van der Waals surface area contributed by atoms with Crippen LogP contribution in [0.25, 0.3) is 0 Å². The normalized spacial score (nSPS) is 26.3. The number of thiol groups is 1. The van der Waals surface area contributed by atoms with Gasteiger partial charge in [0, 0.05) is 6.20 Å². The first kappa shape index (κ1) is 6.68. The molecular weight excluding hydrogens is 132 g/mol. The number of hydrogen-bond acceptors (Lipinski definition) is 3. The smallest absolute Gasteiger partial charge is 0.117 e. The minimum atomic E-state index is 0.0613. The van der Waals surface area contributed by atoms with Crippen LogP contribution in [-0.4, -0.2) is 11.2 Å². The molecule has 50 valence electrons. The molecular formula is C6H10N2S. The standard InChI is InChI=1S/C6H10N2S/c1-4-3-7-5(2)8-6(4)9/h3,6,9H,1-2H3,(H,7,8). The molecule has 1 atom stereocenters. The van der Waals surface area contributed by atoms with E-state index in [1.807, 2.05) is 20.0 Å². The van der Waals surface area contributed by atoms with Crippen LogP contribution in [-0.2, 0) is 0 Å². The predicted octanol–water partition coefficient (Wildman–Crippen LogP) is 1.17. The fraction of sp³-hybridized carbons (Fsp3) is 0.500. The molecule has 1 heterocycles. The van der Waals surface area contributed by atoms with Crippen LogP contribution in [0.3, 0.4) is 0 Å². The summed E-state index contributed by atoms with van der Waals surface area (Å²) in [4.78, 5) is 4.17. The van der Waals surface area contributed by atoms with E-state index in [0.29, 0.717) is 0 Å². The van der Waals surface area contributed by atoms with E-state index < -0.39 is 0 Å². The first-order valence-corrected chi connectivity index (χ1v) is 3.37. The maximum absolute atomic E-state index is 4.22. The molecule has 0 bridgehead atoms. The van der Waals surface area contributed by atoms with Crippen molar-refractivity contribution in [1.82, 2.24) is 5.32 Å². The summed E-state index contributed by atoms with van der Waals surface area (Å²) in [6.07, 6.45) is 1.93. The Morgan fingerprint density at radius 2 is 2.33 bits per heavy atom. The van der Waals surface area contributed by atoms with Crippen molar-refractivity contribution >= 4 is 18.5 Å². The summed E-state index contributed by atoms with van der Waals surface area (Å²) >= 11 is 4.22. The summed E-state index contributed by atoms with van der Waals surface area (Å²) in [6, 6.07) is 0. The molecule has 1 aliphatic rings. The zero-order chi connectivity index (χ0) is 6.85. The fourth-order valence-electron chi connectivity index (χ4n) is 0.615. The van der Waals surface area contributed by atoms with E-state index in [2.05, 4.69) is 22.9 Å². The summed E-state index contributed by atoms with van der Waals surface area (Å²) in [7, 11) is 0. The molecule has 0 aromatic heterocycles. The molecule has 1 rings (SSSR count). The van der Waals surface area contributed by atoms with Crippen molar-refractivity contribution in [1.29, 1.82) is 0 Å². The molecule has 3 heteroatoms. The highest BCUT2D eigenvalue weighted by Crippen LogP contribution is 2.11. The molecule has 1 aliphatic heterocycles. The van der Waals surface area contributed by atoms with Gasteiger partial charge in [-0.2, -0.15) is 0 Å². The Morgan fingerprint density at radius 3 is 2.78 bits per heavy atom. The number of hydrogen-bond donors (Lipinski definition) is 2. The van der Waals surface area contributed by atoms with Gasteiger partial charge in [-0.1, -0.05) is 0 Å². The molecule has 0 fully saturated rings. The zero-order valence-corrected chi connectivity index (χ0v) is 6.44. The Kier molecular flexibility index (Phi) is 1.81. The average Bonchev–Trinajstić information content (AvgIpc) is 1.80. The van der Waals surface area contributed by atoms with Crippen LogP contribution in [0.15, 0.2) is 16.8 Å². The van der Waals surface area contributed by atoms with Gasteiger partial charge < -0.3 is 5.32 Å². The summed E-state index contributed by atoms with van der Waals surface area (Å²) < 4.78 is 0. The Bertz CT molecular complexity index is 172. The van der Waals surface area contributed by atoms with E-state index in [1.165, 1.54) is 0 Å². The summed E-state index contributed by atoms with van der Waals surface area (Å²) in [5, 5.41) is 3.06. The van der Waals surface area contributed by atoms with Gasteiger partial charge >= 0.3 is 0 Å². The predicted molar refractivity (Wildman–Crippen MR) is 42.8 cm³/mol. The third kappa shape index (κ3) is 1.48. The van der Waals surface area contributed by atoms with Gasteiger partial charge in [0.1, 0.15) is 5.37 Å². The molecule has 2 nitrogen and oxygen atoms in total. The Hall–Kier alpha value is -0.440. The minimum Gasteiger partial charge on any atom is -0.351 e. The van der Waals surface area contributed by atoms with E-state index >= 15 is 0 Å². The highest BCUT2D eigenvalue weighted by Gasteiger charge is 2.06. The lowest BCUT2D eigenvalue weighted by Crippen LogP contribution is -2.21. The molecule has 0 aromatic rings. The largest absolute Gasteiger partial charge is 0.351 e. The van der Waals surface area contributed by atoms with E-state index in [0.717, 1.165) is 11.4 Å². The molecule has 0 saturated carbocycles. The lowest BCUT2D eigenvalue weighted by molar-refractivity contribution is 0.976. The second kappa shape index (κ2) is 2.43. The van der Waals surface area contributed by atoms with E-state index in [1.54, 1.807) is 0 Å². The van der Waals surface area contributed by atoms with Crippen molar-refractivity contribution in [2.24, 2.45) is 4.99 Å². The third-order valence-electron chi connectivity index (χ3n) is 1.23. The van der Waals surface area contributed by atoms with Gasteiger partial charge in [-0.25, -0.2) is 0 Å². The van der Waals surface area contributed by atoms with Gasteiger partial charge in [0.05, 0.1) is 5.84 Å². The zero-order valence-electron chi connectivity index (χ0n) is 5.55. The fourth-order valence-corrected chi connectivity index (χ4v) is 0.863. The molecule has 0 aromatic carbocycles. The Balaban J connectivity index is 2.70. The third-order valence-corrected chi connectivity index (χ3v) is 1.75. The van der Waals surface area contributed by atoms with Crippen LogP contribution < -0.4 is 5.32 Å². The van der Waals surface area contributed by atoms with Gasteiger partial charge in [0.15, 0.2) is 0 Å². The quantitative estimate of drug-likeness (QED) is 0.487. The molecule has 1 N–H and O–H groups in total. The van der Waals surface area contributed by atoms with Crippen molar-refractivity contribution in [3.63, 3.8) is 0 Å². The van der Waals surface area contributed by atoms with E-state index in [4.69, 9.17) is 0 Å². The second-order valence-electron chi connectivity index (χ2n) is 2.12. The minimum absolute atomic E-state index is 0.0613. The van der Waals surface area contributed by atoms with Crippen molar-refractivity contribution in [2.45, 2.75) is 19.2 Å². The molecule has 0 spiro atoms. The van der Waals surface area contributed by atoms with Crippen LogP contribution in [0.5, 0.6) is 0 Å².